The SMILES string of the molecule is C=C[C@H](COCc1ccccc1)C(NC(=O)C(F)(F)F)C(=O)OC. The molecule has 8 heteroatoms. The lowest BCUT2D eigenvalue weighted by atomic mass is 10.0. The van der Waals surface area contributed by atoms with E-state index in [1.807, 2.05) is 30.3 Å². The van der Waals surface area contributed by atoms with Crippen LogP contribution in [0.1, 0.15) is 5.56 Å². The minimum atomic E-state index is -5.11. The Morgan fingerprint density at radius 1 is 1.29 bits per heavy atom. The fourth-order valence-electron chi connectivity index (χ4n) is 1.88. The van der Waals surface area contributed by atoms with Gasteiger partial charge in [-0.2, -0.15) is 13.2 Å². The molecule has 1 N–H and O–H groups in total. The van der Waals surface area contributed by atoms with Gasteiger partial charge in [0, 0.05) is 5.92 Å². The molecule has 2 atom stereocenters. The molecule has 0 bridgehead atoms. The second kappa shape index (κ2) is 9.07. The molecule has 0 aromatic heterocycles. The number of benzene rings is 1. The quantitative estimate of drug-likeness (QED) is 0.580. The van der Waals surface area contributed by atoms with E-state index in [9.17, 15) is 22.8 Å². The van der Waals surface area contributed by atoms with Gasteiger partial charge in [0.15, 0.2) is 0 Å². The molecule has 24 heavy (non-hydrogen) atoms. The molecule has 1 aromatic carbocycles. The summed E-state index contributed by atoms with van der Waals surface area (Å²) in [5.74, 6) is -4.12. The van der Waals surface area contributed by atoms with Crippen LogP contribution in [0.2, 0.25) is 0 Å². The highest BCUT2D eigenvalue weighted by Crippen LogP contribution is 2.17. The number of rotatable bonds is 8. The fourth-order valence-corrected chi connectivity index (χ4v) is 1.88. The number of methoxy groups -OCH3 is 1. The first kappa shape index (κ1) is 19.7. The summed E-state index contributed by atoms with van der Waals surface area (Å²) < 4.78 is 47.0. The summed E-state index contributed by atoms with van der Waals surface area (Å²) in [4.78, 5) is 22.8. The number of hydrogen-bond donors (Lipinski definition) is 1. The molecular formula is C16H18F3NO4. The van der Waals surface area contributed by atoms with Gasteiger partial charge in [-0.05, 0) is 5.56 Å². The highest BCUT2D eigenvalue weighted by molar-refractivity contribution is 5.87. The molecule has 0 saturated heterocycles. The molecule has 0 heterocycles. The number of alkyl halides is 3. The van der Waals surface area contributed by atoms with Gasteiger partial charge in [0.1, 0.15) is 6.04 Å². The Morgan fingerprint density at radius 2 is 1.92 bits per heavy atom. The van der Waals surface area contributed by atoms with Crippen molar-refractivity contribution in [2.45, 2.75) is 18.8 Å². The van der Waals surface area contributed by atoms with E-state index in [1.165, 1.54) is 6.08 Å². The molecule has 1 amide bonds. The zero-order chi connectivity index (χ0) is 18.2. The van der Waals surface area contributed by atoms with E-state index in [0.29, 0.717) is 0 Å². The third-order valence-corrected chi connectivity index (χ3v) is 3.15. The zero-order valence-corrected chi connectivity index (χ0v) is 13.0. The predicted octanol–water partition coefficient (Wildman–Crippen LogP) is 2.23. The average Bonchev–Trinajstić information content (AvgIpc) is 2.56. The first-order chi connectivity index (χ1) is 11.3. The van der Waals surface area contributed by atoms with E-state index < -0.39 is 30.0 Å². The molecule has 5 nitrogen and oxygen atoms in total. The van der Waals surface area contributed by atoms with Crippen molar-refractivity contribution < 1.29 is 32.2 Å². The van der Waals surface area contributed by atoms with Crippen LogP contribution in [0.3, 0.4) is 0 Å². The van der Waals surface area contributed by atoms with E-state index >= 15 is 0 Å². The highest BCUT2D eigenvalue weighted by atomic mass is 19.4. The topological polar surface area (TPSA) is 64.6 Å². The van der Waals surface area contributed by atoms with Gasteiger partial charge in [0.2, 0.25) is 0 Å². The lowest BCUT2D eigenvalue weighted by Gasteiger charge is -2.24. The van der Waals surface area contributed by atoms with E-state index in [-0.39, 0.29) is 13.2 Å². The Labute approximate surface area is 137 Å². The van der Waals surface area contributed by atoms with Gasteiger partial charge in [0.25, 0.3) is 0 Å². The summed E-state index contributed by atoms with van der Waals surface area (Å²) in [7, 11) is 1.01. The minimum absolute atomic E-state index is 0.115. The Hall–Kier alpha value is -2.35. The van der Waals surface area contributed by atoms with Gasteiger partial charge >= 0.3 is 18.1 Å². The lowest BCUT2D eigenvalue weighted by molar-refractivity contribution is -0.176. The van der Waals surface area contributed by atoms with Crippen LogP contribution in [0.15, 0.2) is 43.0 Å². The van der Waals surface area contributed by atoms with Crippen molar-refractivity contribution in [2.75, 3.05) is 13.7 Å². The molecule has 0 saturated carbocycles. The zero-order valence-electron chi connectivity index (χ0n) is 13.0. The standard InChI is InChI=1S/C16H18F3NO4/c1-3-12(10-24-9-11-7-5-4-6-8-11)13(14(21)23-2)20-15(22)16(17,18)19/h3-8,12-13H,1,9-10H2,2H3,(H,20,22)/t12-,13?/m1/s1. The summed E-state index contributed by atoms with van der Waals surface area (Å²) in [5.41, 5.74) is 0.856. The van der Waals surface area contributed by atoms with E-state index in [1.54, 1.807) is 5.32 Å². The van der Waals surface area contributed by atoms with E-state index in [2.05, 4.69) is 11.3 Å². The third-order valence-electron chi connectivity index (χ3n) is 3.15. The molecule has 1 aromatic rings. The van der Waals surface area contributed by atoms with Gasteiger partial charge < -0.3 is 14.8 Å². The molecule has 0 fully saturated rings. The maximum atomic E-state index is 12.4. The predicted molar refractivity (Wildman–Crippen MR) is 79.8 cm³/mol. The number of ether oxygens (including phenoxy) is 2. The first-order valence-corrected chi connectivity index (χ1v) is 6.99. The molecule has 0 spiro atoms. The Balaban J connectivity index is 2.72. The minimum Gasteiger partial charge on any atom is -0.467 e. The summed E-state index contributed by atoms with van der Waals surface area (Å²) in [6.45, 7) is 3.56. The molecule has 132 valence electrons. The van der Waals surface area contributed by atoms with E-state index in [0.717, 1.165) is 12.7 Å². The van der Waals surface area contributed by atoms with Gasteiger partial charge in [-0.3, -0.25) is 4.79 Å². The summed E-state index contributed by atoms with van der Waals surface area (Å²) in [5, 5.41) is 1.62. The van der Waals surface area contributed by atoms with Gasteiger partial charge in [-0.1, -0.05) is 36.4 Å². The van der Waals surface area contributed by atoms with Crippen molar-refractivity contribution >= 4 is 11.9 Å². The number of esters is 1. The second-order valence-corrected chi connectivity index (χ2v) is 4.87. The average molecular weight is 345 g/mol. The van der Waals surface area contributed by atoms with E-state index in [4.69, 9.17) is 4.74 Å². The molecule has 1 rings (SSSR count). The maximum absolute atomic E-state index is 12.4. The van der Waals surface area contributed by atoms with Crippen molar-refractivity contribution in [2.24, 2.45) is 5.92 Å². The van der Waals surface area contributed by atoms with Crippen LogP contribution in [-0.2, 0) is 25.7 Å². The molecule has 0 aliphatic carbocycles. The maximum Gasteiger partial charge on any atom is 0.471 e. The number of carbonyl (C=O) groups excluding carboxylic acids is 2. The monoisotopic (exact) mass is 345 g/mol. The number of hydrogen-bond acceptors (Lipinski definition) is 4. The van der Waals surface area contributed by atoms with Crippen LogP contribution in [0.25, 0.3) is 0 Å². The van der Waals surface area contributed by atoms with Gasteiger partial charge in [-0.25, -0.2) is 4.79 Å². The summed E-state index contributed by atoms with van der Waals surface area (Å²) in [6.07, 6.45) is -3.87. The van der Waals surface area contributed by atoms with Crippen molar-refractivity contribution in [3.63, 3.8) is 0 Å². The van der Waals surface area contributed by atoms with Gasteiger partial charge in [0.05, 0.1) is 20.3 Å². The third kappa shape index (κ3) is 6.04. The molecule has 0 aliphatic heterocycles. The van der Waals surface area contributed by atoms with Crippen LogP contribution >= 0.6 is 0 Å². The molecule has 1 unspecified atom stereocenters. The van der Waals surface area contributed by atoms with Crippen LogP contribution < -0.4 is 5.32 Å². The summed E-state index contributed by atoms with van der Waals surface area (Å²) in [6, 6.07) is 7.53. The van der Waals surface area contributed by atoms with Crippen LogP contribution in [-0.4, -0.2) is 37.8 Å². The van der Waals surface area contributed by atoms with Crippen LogP contribution in [0.4, 0.5) is 13.2 Å². The smallest absolute Gasteiger partial charge is 0.467 e. The molecule has 0 radical (unpaired) electrons. The highest BCUT2D eigenvalue weighted by Gasteiger charge is 2.42. The normalized spacial score (nSPS) is 13.7. The summed E-state index contributed by atoms with van der Waals surface area (Å²) >= 11 is 0. The van der Waals surface area contributed by atoms with Crippen LogP contribution in [0.5, 0.6) is 0 Å². The largest absolute Gasteiger partial charge is 0.471 e. The number of halogens is 3. The Kier molecular flexibility index (Phi) is 7.44. The Morgan fingerprint density at radius 3 is 2.42 bits per heavy atom. The van der Waals surface area contributed by atoms with Crippen molar-refractivity contribution in [3.05, 3.63) is 48.6 Å². The van der Waals surface area contributed by atoms with Gasteiger partial charge in [-0.15, -0.1) is 6.58 Å². The van der Waals surface area contributed by atoms with Crippen molar-refractivity contribution in [1.29, 1.82) is 0 Å². The van der Waals surface area contributed by atoms with Crippen molar-refractivity contribution in [1.82, 2.24) is 5.32 Å². The first-order valence-electron chi connectivity index (χ1n) is 6.99. The Bertz CT molecular complexity index is 560. The molecule has 0 aliphatic rings. The van der Waals surface area contributed by atoms with Crippen LogP contribution in [0, 0.1) is 5.92 Å². The fraction of sp³-hybridized carbons (Fsp3) is 0.375. The number of nitrogens with one attached hydrogen (secondary N) is 1. The second-order valence-electron chi connectivity index (χ2n) is 4.87. The van der Waals surface area contributed by atoms with Crippen molar-refractivity contribution in [3.8, 4) is 0 Å². The molecular weight excluding hydrogens is 327 g/mol. The lowest BCUT2D eigenvalue weighted by Crippen LogP contribution is -2.51. The number of carbonyl (C=O) groups is 2. The number of amides is 1.